The molecule has 120 valence electrons. The van der Waals surface area contributed by atoms with E-state index in [1.807, 2.05) is 6.07 Å². The Labute approximate surface area is 131 Å². The van der Waals surface area contributed by atoms with Gasteiger partial charge >= 0.3 is 5.97 Å². The summed E-state index contributed by atoms with van der Waals surface area (Å²) >= 11 is 0. The Morgan fingerprint density at radius 3 is 2.61 bits per heavy atom. The minimum Gasteiger partial charge on any atom is -0.493 e. The predicted molar refractivity (Wildman–Crippen MR) is 76.5 cm³/mol. The lowest BCUT2D eigenvalue weighted by molar-refractivity contribution is -0.139. The number of aromatic nitrogens is 2. The number of fused-ring (bicyclic) bond motifs is 1. The molecule has 8 nitrogen and oxygen atoms in total. The summed E-state index contributed by atoms with van der Waals surface area (Å²) < 4.78 is 15.0. The number of hydrogen-bond acceptors (Lipinski definition) is 8. The van der Waals surface area contributed by atoms with Crippen LogP contribution in [0.1, 0.15) is 17.0 Å². The maximum absolute atomic E-state index is 11.2. The van der Waals surface area contributed by atoms with Crippen LogP contribution >= 0.6 is 0 Å². The summed E-state index contributed by atoms with van der Waals surface area (Å²) in [6.45, 7) is 0.180. The smallest absolute Gasteiger partial charge is 0.310 e. The van der Waals surface area contributed by atoms with Crippen molar-refractivity contribution >= 4 is 5.97 Å². The molecule has 3 rings (SSSR count). The summed E-state index contributed by atoms with van der Waals surface area (Å²) in [6.07, 6.45) is -0.0330. The second-order valence-corrected chi connectivity index (χ2v) is 4.88. The lowest BCUT2D eigenvalue weighted by Gasteiger charge is -2.08. The number of methoxy groups -OCH3 is 1. The van der Waals surface area contributed by atoms with E-state index in [9.17, 15) is 15.0 Å². The molecule has 1 aliphatic rings. The van der Waals surface area contributed by atoms with E-state index in [0.29, 0.717) is 11.5 Å². The Balaban J connectivity index is 1.82. The number of carbonyl (C=O) groups excluding carboxylic acids is 1. The summed E-state index contributed by atoms with van der Waals surface area (Å²) in [6, 6.07) is 5.36. The molecule has 0 saturated heterocycles. The van der Waals surface area contributed by atoms with Gasteiger partial charge in [0.2, 0.25) is 18.6 Å². The van der Waals surface area contributed by atoms with Crippen molar-refractivity contribution in [3.8, 4) is 23.3 Å². The van der Waals surface area contributed by atoms with Gasteiger partial charge in [-0.25, -0.2) is 0 Å². The maximum atomic E-state index is 11.2. The zero-order valence-electron chi connectivity index (χ0n) is 12.3. The molecule has 1 aromatic carbocycles. The van der Waals surface area contributed by atoms with Gasteiger partial charge < -0.3 is 24.4 Å². The summed E-state index contributed by atoms with van der Waals surface area (Å²) in [5, 5.41) is 19.8. The number of hydrogen-bond donors (Lipinski definition) is 2. The van der Waals surface area contributed by atoms with Gasteiger partial charge in [-0.05, 0) is 17.7 Å². The van der Waals surface area contributed by atoms with Crippen LogP contribution in [-0.4, -0.2) is 40.1 Å². The van der Waals surface area contributed by atoms with Crippen LogP contribution in [0.2, 0.25) is 0 Å². The first-order valence-corrected chi connectivity index (χ1v) is 6.80. The maximum Gasteiger partial charge on any atom is 0.310 e. The minimum atomic E-state index is -0.609. The van der Waals surface area contributed by atoms with Gasteiger partial charge in [0, 0.05) is 6.42 Å². The molecule has 1 aromatic heterocycles. The van der Waals surface area contributed by atoms with Crippen LogP contribution in [0.15, 0.2) is 18.2 Å². The Hall–Kier alpha value is -3.03. The van der Waals surface area contributed by atoms with Gasteiger partial charge in [0.1, 0.15) is 5.82 Å². The summed E-state index contributed by atoms with van der Waals surface area (Å²) in [5.41, 5.74) is 0.764. The molecule has 0 bridgehead atoms. The standard InChI is InChI=1S/C15H14N2O6/c1-21-13(18)6-9-14(19)16-12(17-15(9)20)5-8-2-3-10-11(4-8)23-7-22-10/h2-4H,5-7H2,1H3,(H2,16,17,19,20). The average Bonchev–Trinajstić information content (AvgIpc) is 2.98. The Morgan fingerprint density at radius 2 is 1.91 bits per heavy atom. The summed E-state index contributed by atoms with van der Waals surface area (Å²) in [5.74, 6) is -0.000433. The molecule has 0 fully saturated rings. The van der Waals surface area contributed by atoms with Crippen LogP contribution in [-0.2, 0) is 22.4 Å². The van der Waals surface area contributed by atoms with E-state index in [1.165, 1.54) is 7.11 Å². The SMILES string of the molecule is COC(=O)Cc1c(O)nc(Cc2ccc3c(c2)OCO3)nc1O. The van der Waals surface area contributed by atoms with Crippen LogP contribution < -0.4 is 9.47 Å². The molecule has 0 atom stereocenters. The molecular formula is C15H14N2O6. The van der Waals surface area contributed by atoms with Gasteiger partial charge in [0.15, 0.2) is 11.5 Å². The number of rotatable bonds is 4. The number of ether oxygens (including phenoxy) is 3. The van der Waals surface area contributed by atoms with Gasteiger partial charge in [-0.1, -0.05) is 6.07 Å². The Morgan fingerprint density at radius 1 is 1.22 bits per heavy atom. The molecule has 2 aromatic rings. The average molecular weight is 318 g/mol. The fraction of sp³-hybridized carbons (Fsp3) is 0.267. The van der Waals surface area contributed by atoms with Gasteiger partial charge in [0.05, 0.1) is 19.1 Å². The highest BCUT2D eigenvalue weighted by Crippen LogP contribution is 2.33. The molecule has 1 aliphatic heterocycles. The van der Waals surface area contributed by atoms with Crippen molar-refractivity contribution in [2.24, 2.45) is 0 Å². The van der Waals surface area contributed by atoms with Crippen molar-refractivity contribution in [1.82, 2.24) is 9.97 Å². The van der Waals surface area contributed by atoms with Gasteiger partial charge in [-0.15, -0.1) is 0 Å². The molecule has 0 saturated carbocycles. The quantitative estimate of drug-likeness (QED) is 0.801. The van der Waals surface area contributed by atoms with Crippen LogP contribution in [0.25, 0.3) is 0 Å². The highest BCUT2D eigenvalue weighted by atomic mass is 16.7. The largest absolute Gasteiger partial charge is 0.493 e. The fourth-order valence-electron chi connectivity index (χ4n) is 2.19. The molecule has 0 spiro atoms. The summed E-state index contributed by atoms with van der Waals surface area (Å²) in [4.78, 5) is 19.1. The monoisotopic (exact) mass is 318 g/mol. The lowest BCUT2D eigenvalue weighted by Crippen LogP contribution is -2.07. The first kappa shape index (κ1) is 14.9. The van der Waals surface area contributed by atoms with E-state index in [4.69, 9.17) is 9.47 Å². The molecule has 0 amide bonds. The van der Waals surface area contributed by atoms with Gasteiger partial charge in [-0.3, -0.25) is 4.79 Å². The van der Waals surface area contributed by atoms with Crippen LogP contribution in [0.3, 0.4) is 0 Å². The second kappa shape index (κ2) is 5.99. The van der Waals surface area contributed by atoms with Crippen molar-refractivity contribution in [3.05, 3.63) is 35.2 Å². The topological polar surface area (TPSA) is 111 Å². The molecule has 23 heavy (non-hydrogen) atoms. The number of carbonyl (C=O) groups is 1. The number of benzene rings is 1. The molecule has 8 heteroatoms. The number of nitrogens with zero attached hydrogens (tertiary/aromatic N) is 2. The lowest BCUT2D eigenvalue weighted by atomic mass is 10.1. The van der Waals surface area contributed by atoms with E-state index in [1.54, 1.807) is 12.1 Å². The van der Waals surface area contributed by atoms with Gasteiger partial charge in [-0.2, -0.15) is 9.97 Å². The van der Waals surface area contributed by atoms with Crippen molar-refractivity contribution in [3.63, 3.8) is 0 Å². The highest BCUT2D eigenvalue weighted by molar-refractivity contribution is 5.73. The zero-order valence-corrected chi connectivity index (χ0v) is 12.3. The van der Waals surface area contributed by atoms with Crippen LogP contribution in [0.4, 0.5) is 0 Å². The van der Waals surface area contributed by atoms with Crippen LogP contribution in [0, 0.1) is 0 Å². The van der Waals surface area contributed by atoms with Crippen molar-refractivity contribution in [2.75, 3.05) is 13.9 Å². The van der Waals surface area contributed by atoms with E-state index >= 15 is 0 Å². The van der Waals surface area contributed by atoms with E-state index < -0.39 is 17.7 Å². The highest BCUT2D eigenvalue weighted by Gasteiger charge is 2.18. The van der Waals surface area contributed by atoms with E-state index in [2.05, 4.69) is 14.7 Å². The van der Waals surface area contributed by atoms with Crippen LogP contribution in [0.5, 0.6) is 23.3 Å². The van der Waals surface area contributed by atoms with Crippen molar-refractivity contribution in [2.45, 2.75) is 12.8 Å². The molecule has 0 unspecified atom stereocenters. The van der Waals surface area contributed by atoms with E-state index in [0.717, 1.165) is 5.56 Å². The zero-order chi connectivity index (χ0) is 16.4. The number of aromatic hydroxyl groups is 2. The van der Waals surface area contributed by atoms with Gasteiger partial charge in [0.25, 0.3) is 0 Å². The first-order chi connectivity index (χ1) is 11.1. The van der Waals surface area contributed by atoms with Crippen molar-refractivity contribution < 1.29 is 29.2 Å². The molecule has 0 aliphatic carbocycles. The van der Waals surface area contributed by atoms with E-state index in [-0.39, 0.29) is 31.0 Å². The minimum absolute atomic E-state index is 0.0636. The molecule has 2 N–H and O–H groups in total. The third-order valence-electron chi connectivity index (χ3n) is 3.36. The fourth-order valence-corrected chi connectivity index (χ4v) is 2.19. The third-order valence-corrected chi connectivity index (χ3v) is 3.36. The summed E-state index contributed by atoms with van der Waals surface area (Å²) in [7, 11) is 1.21. The molecule has 2 heterocycles. The normalized spacial score (nSPS) is 12.2. The van der Waals surface area contributed by atoms with Crippen molar-refractivity contribution in [1.29, 1.82) is 0 Å². The predicted octanol–water partition coefficient (Wildman–Crippen LogP) is 0.923. The second-order valence-electron chi connectivity index (χ2n) is 4.88. The third kappa shape index (κ3) is 3.10. The molecular weight excluding hydrogens is 304 g/mol. The Bertz CT molecular complexity index is 739. The molecule has 0 radical (unpaired) electrons. The number of esters is 1. The first-order valence-electron chi connectivity index (χ1n) is 6.80. The Kier molecular flexibility index (Phi) is 3.88.